The molecule has 4 atom stereocenters. The molecule has 0 radical (unpaired) electrons. The average molecular weight is 385 g/mol. The third kappa shape index (κ3) is 2.27. The molecule has 26 heavy (non-hydrogen) atoms. The van der Waals surface area contributed by atoms with Crippen molar-refractivity contribution >= 4 is 40.9 Å². The van der Waals surface area contributed by atoms with Crippen LogP contribution in [0.4, 0.5) is 5.69 Å². The number of benzene rings is 2. The monoisotopic (exact) mass is 384 g/mol. The molecule has 3 aliphatic rings. The van der Waals surface area contributed by atoms with E-state index in [0.717, 1.165) is 17.2 Å². The summed E-state index contributed by atoms with van der Waals surface area (Å²) in [6, 6.07) is 17.0. The lowest BCUT2D eigenvalue weighted by atomic mass is 9.87. The molecular weight excluding hydrogens is 368 g/mol. The molecule has 2 amide bonds. The van der Waals surface area contributed by atoms with Gasteiger partial charge in [-0.15, -0.1) is 11.8 Å². The highest BCUT2D eigenvalue weighted by molar-refractivity contribution is 7.99. The number of amides is 2. The van der Waals surface area contributed by atoms with Crippen molar-refractivity contribution in [3.05, 3.63) is 65.2 Å². The lowest BCUT2D eigenvalue weighted by Crippen LogP contribution is -2.40. The summed E-state index contributed by atoms with van der Waals surface area (Å²) in [4.78, 5) is 30.3. The number of thioether (sulfide) groups is 1. The summed E-state index contributed by atoms with van der Waals surface area (Å²) in [5.74, 6) is 0.971. The van der Waals surface area contributed by atoms with Crippen LogP contribution in [0.25, 0.3) is 0 Å². The fourth-order valence-electron chi connectivity index (χ4n) is 4.64. The van der Waals surface area contributed by atoms with Gasteiger partial charge in [0.25, 0.3) is 0 Å². The molecule has 3 saturated heterocycles. The van der Waals surface area contributed by atoms with Crippen LogP contribution in [0.15, 0.2) is 54.6 Å². The van der Waals surface area contributed by atoms with Gasteiger partial charge in [0.2, 0.25) is 11.8 Å². The number of nitrogens with zero attached hydrogens (tertiary/aromatic N) is 2. The second-order valence-corrected chi connectivity index (χ2v) is 8.42. The van der Waals surface area contributed by atoms with Gasteiger partial charge in [0, 0.05) is 28.7 Å². The summed E-state index contributed by atoms with van der Waals surface area (Å²) < 4.78 is 0. The van der Waals surface area contributed by atoms with E-state index in [9.17, 15) is 9.59 Å². The number of para-hydroxylation sites is 1. The molecule has 6 heteroatoms. The van der Waals surface area contributed by atoms with Gasteiger partial charge in [0.05, 0.1) is 17.5 Å². The molecule has 0 unspecified atom stereocenters. The second-order valence-electron chi connectivity index (χ2n) is 6.98. The lowest BCUT2D eigenvalue weighted by molar-refractivity contribution is -0.123. The van der Waals surface area contributed by atoms with Gasteiger partial charge >= 0.3 is 0 Å². The maximum atomic E-state index is 13.3. The maximum Gasteiger partial charge on any atom is 0.239 e. The first-order valence-corrected chi connectivity index (χ1v) is 10.2. The largest absolute Gasteiger partial charge is 0.282 e. The minimum Gasteiger partial charge on any atom is -0.282 e. The van der Waals surface area contributed by atoms with Gasteiger partial charge in [-0.1, -0.05) is 41.9 Å². The van der Waals surface area contributed by atoms with Gasteiger partial charge in [-0.05, 0) is 29.8 Å². The number of anilines is 1. The Kier molecular flexibility index (Phi) is 3.85. The fourth-order valence-corrected chi connectivity index (χ4v) is 6.15. The van der Waals surface area contributed by atoms with Crippen LogP contribution in [-0.4, -0.2) is 34.4 Å². The average Bonchev–Trinajstić information content (AvgIpc) is 3.28. The number of halogens is 1. The second kappa shape index (κ2) is 6.12. The number of rotatable bonds is 2. The van der Waals surface area contributed by atoms with Crippen LogP contribution in [0.5, 0.6) is 0 Å². The normalized spacial score (nSPS) is 30.7. The number of carbonyl (C=O) groups is 2. The van der Waals surface area contributed by atoms with Crippen LogP contribution < -0.4 is 4.90 Å². The molecular formula is C20H17ClN2O2S. The first-order valence-electron chi connectivity index (χ1n) is 8.68. The van der Waals surface area contributed by atoms with E-state index in [0.29, 0.717) is 10.7 Å². The molecule has 3 fully saturated rings. The SMILES string of the molecule is O=C1[C@@H]2[C@H](C(=O)N1c1ccccc1)[C@H](c1cccc(Cl)c1)N1CSC[C@H]21. The van der Waals surface area contributed by atoms with Gasteiger partial charge in [-0.2, -0.15) is 0 Å². The van der Waals surface area contributed by atoms with E-state index in [2.05, 4.69) is 4.90 Å². The molecule has 0 N–H and O–H groups in total. The van der Waals surface area contributed by atoms with Crippen molar-refractivity contribution in [1.82, 2.24) is 4.90 Å². The van der Waals surface area contributed by atoms with Crippen molar-refractivity contribution in [2.75, 3.05) is 16.5 Å². The molecule has 0 spiro atoms. The summed E-state index contributed by atoms with van der Waals surface area (Å²) in [6.45, 7) is 0. The molecule has 0 bridgehead atoms. The standard InChI is InChI=1S/C20H17ClN2O2S/c21-13-6-4-5-12(9-13)18-17-16(15-10-26-11-22(15)18)19(24)23(20(17)25)14-7-2-1-3-8-14/h1-9,15-18H,10-11H2/t15-,16+,17+,18+/m1/s1. The number of hydrogen-bond donors (Lipinski definition) is 0. The van der Waals surface area contributed by atoms with E-state index >= 15 is 0 Å². The third-order valence-electron chi connectivity index (χ3n) is 5.67. The highest BCUT2D eigenvalue weighted by Crippen LogP contribution is 2.54. The van der Waals surface area contributed by atoms with Gasteiger partial charge in [0.1, 0.15) is 0 Å². The molecule has 0 saturated carbocycles. The number of imide groups is 1. The van der Waals surface area contributed by atoms with Gasteiger partial charge < -0.3 is 0 Å². The Hall–Kier alpha value is -1.82. The van der Waals surface area contributed by atoms with Crippen LogP contribution in [-0.2, 0) is 9.59 Å². The quantitative estimate of drug-likeness (QED) is 0.742. The minimum atomic E-state index is -0.341. The molecule has 0 aromatic heterocycles. The smallest absolute Gasteiger partial charge is 0.239 e. The van der Waals surface area contributed by atoms with Crippen LogP contribution in [0.3, 0.4) is 0 Å². The Labute approximate surface area is 161 Å². The van der Waals surface area contributed by atoms with E-state index in [4.69, 9.17) is 11.6 Å². The molecule has 5 rings (SSSR count). The van der Waals surface area contributed by atoms with Gasteiger partial charge in [-0.25, -0.2) is 4.90 Å². The Morgan fingerprint density at radius 3 is 2.50 bits per heavy atom. The summed E-state index contributed by atoms with van der Waals surface area (Å²) in [5, 5.41) is 0.658. The van der Waals surface area contributed by atoms with Crippen molar-refractivity contribution in [3.63, 3.8) is 0 Å². The van der Waals surface area contributed by atoms with Gasteiger partial charge in [0.15, 0.2) is 0 Å². The molecule has 132 valence electrons. The first-order chi connectivity index (χ1) is 12.7. The number of hydrogen-bond acceptors (Lipinski definition) is 4. The lowest BCUT2D eigenvalue weighted by Gasteiger charge is -2.28. The highest BCUT2D eigenvalue weighted by atomic mass is 35.5. The van der Waals surface area contributed by atoms with Crippen molar-refractivity contribution in [2.45, 2.75) is 12.1 Å². The Bertz CT molecular complexity index is 890. The topological polar surface area (TPSA) is 40.6 Å². The molecule has 2 aromatic rings. The third-order valence-corrected chi connectivity index (χ3v) is 6.96. The van der Waals surface area contributed by atoms with Crippen molar-refractivity contribution in [2.24, 2.45) is 11.8 Å². The summed E-state index contributed by atoms with van der Waals surface area (Å²) in [6.07, 6.45) is 0. The van der Waals surface area contributed by atoms with E-state index in [-0.39, 0.29) is 35.7 Å². The Morgan fingerprint density at radius 1 is 0.962 bits per heavy atom. The molecule has 4 nitrogen and oxygen atoms in total. The number of fused-ring (bicyclic) bond motifs is 3. The summed E-state index contributed by atoms with van der Waals surface area (Å²) >= 11 is 8.04. The van der Waals surface area contributed by atoms with Crippen LogP contribution >= 0.6 is 23.4 Å². The van der Waals surface area contributed by atoms with E-state index in [1.165, 1.54) is 4.90 Å². The van der Waals surface area contributed by atoms with Crippen LogP contribution in [0.2, 0.25) is 5.02 Å². The predicted octanol–water partition coefficient (Wildman–Crippen LogP) is 3.58. The van der Waals surface area contributed by atoms with E-state index in [1.54, 1.807) is 0 Å². The van der Waals surface area contributed by atoms with Gasteiger partial charge in [-0.3, -0.25) is 14.5 Å². The van der Waals surface area contributed by atoms with E-state index in [1.807, 2.05) is 66.4 Å². The zero-order valence-corrected chi connectivity index (χ0v) is 15.5. The minimum absolute atomic E-state index is 0.0618. The van der Waals surface area contributed by atoms with Crippen molar-refractivity contribution in [3.8, 4) is 0 Å². The Morgan fingerprint density at radius 2 is 1.73 bits per heavy atom. The molecule has 3 aliphatic heterocycles. The molecule has 0 aliphatic carbocycles. The number of carbonyl (C=O) groups excluding carboxylic acids is 2. The first kappa shape index (κ1) is 16.4. The maximum absolute atomic E-state index is 13.3. The highest BCUT2D eigenvalue weighted by Gasteiger charge is 2.63. The zero-order chi connectivity index (χ0) is 17.8. The Balaban J connectivity index is 1.60. The molecule has 3 heterocycles. The molecule has 2 aromatic carbocycles. The fraction of sp³-hybridized carbons (Fsp3) is 0.300. The van der Waals surface area contributed by atoms with Crippen molar-refractivity contribution in [1.29, 1.82) is 0 Å². The summed E-state index contributed by atoms with van der Waals surface area (Å²) in [7, 11) is 0. The summed E-state index contributed by atoms with van der Waals surface area (Å²) in [5.41, 5.74) is 1.69. The van der Waals surface area contributed by atoms with Crippen molar-refractivity contribution < 1.29 is 9.59 Å². The van der Waals surface area contributed by atoms with Crippen LogP contribution in [0, 0.1) is 11.8 Å². The predicted molar refractivity (Wildman–Crippen MR) is 103 cm³/mol. The van der Waals surface area contributed by atoms with E-state index < -0.39 is 0 Å². The van der Waals surface area contributed by atoms with Crippen LogP contribution in [0.1, 0.15) is 11.6 Å². The zero-order valence-electron chi connectivity index (χ0n) is 13.9.